The fourth-order valence-corrected chi connectivity index (χ4v) is 2.53. The molecule has 0 spiro atoms. The molecule has 2 aromatic rings. The highest BCUT2D eigenvalue weighted by Crippen LogP contribution is 2.47. The van der Waals surface area contributed by atoms with Crippen molar-refractivity contribution in [2.24, 2.45) is 11.8 Å². The summed E-state index contributed by atoms with van der Waals surface area (Å²) < 4.78 is 18.7. The third-order valence-electron chi connectivity index (χ3n) is 3.83. The van der Waals surface area contributed by atoms with E-state index < -0.39 is 0 Å². The fourth-order valence-electron chi connectivity index (χ4n) is 2.53. The molecule has 2 atom stereocenters. The van der Waals surface area contributed by atoms with Crippen LogP contribution in [0.3, 0.4) is 0 Å². The number of benzene rings is 1. The predicted octanol–water partition coefficient (Wildman–Crippen LogP) is 2.56. The summed E-state index contributed by atoms with van der Waals surface area (Å²) in [4.78, 5) is 3.97. The van der Waals surface area contributed by atoms with Gasteiger partial charge in [-0.3, -0.25) is 0 Å². The Hall–Kier alpha value is -2.65. The van der Waals surface area contributed by atoms with Gasteiger partial charge in [-0.1, -0.05) is 12.1 Å². The molecule has 112 valence electrons. The molecule has 3 N–H and O–H groups in total. The van der Waals surface area contributed by atoms with Crippen molar-refractivity contribution in [2.45, 2.75) is 12.3 Å². The highest BCUT2D eigenvalue weighted by molar-refractivity contribution is 5.58. The van der Waals surface area contributed by atoms with Gasteiger partial charge in [0.15, 0.2) is 5.82 Å². The Morgan fingerprint density at radius 1 is 1.36 bits per heavy atom. The molecule has 22 heavy (non-hydrogen) atoms. The molecule has 6 heteroatoms. The Morgan fingerprint density at radius 2 is 2.14 bits per heavy atom. The summed E-state index contributed by atoms with van der Waals surface area (Å²) >= 11 is 0. The second-order valence-electron chi connectivity index (χ2n) is 5.25. The van der Waals surface area contributed by atoms with E-state index in [0.29, 0.717) is 35.6 Å². The fraction of sp³-hybridized carbons (Fsp3) is 0.250. The van der Waals surface area contributed by atoms with Gasteiger partial charge in [-0.05, 0) is 30.0 Å². The molecule has 0 unspecified atom stereocenters. The lowest BCUT2D eigenvalue weighted by Crippen LogP contribution is -2.11. The number of nitrogens with one attached hydrogen (secondary N) is 1. The molecular weight excluding hydrogens is 283 g/mol. The van der Waals surface area contributed by atoms with Gasteiger partial charge in [0.1, 0.15) is 23.2 Å². The lowest BCUT2D eigenvalue weighted by atomic mass is 10.1. The third kappa shape index (κ3) is 2.85. The molecule has 3 rings (SSSR count). The van der Waals surface area contributed by atoms with Crippen molar-refractivity contribution >= 4 is 5.82 Å². The topological polar surface area (TPSA) is 84.0 Å². The number of aromatic nitrogens is 1. The van der Waals surface area contributed by atoms with Crippen molar-refractivity contribution < 1.29 is 9.13 Å². The van der Waals surface area contributed by atoms with Crippen molar-refractivity contribution in [3.05, 3.63) is 53.5 Å². The number of nitrogen functional groups attached to an aromatic ring is 1. The average Bonchev–Trinajstić information content (AvgIpc) is 3.32. The summed E-state index contributed by atoms with van der Waals surface area (Å²) in [7, 11) is 0. The van der Waals surface area contributed by atoms with E-state index >= 15 is 0 Å². The Bertz CT molecular complexity index is 711. The van der Waals surface area contributed by atoms with E-state index in [1.54, 1.807) is 6.07 Å². The van der Waals surface area contributed by atoms with Crippen molar-refractivity contribution in [3.8, 4) is 11.8 Å². The quantitative estimate of drug-likeness (QED) is 0.654. The summed E-state index contributed by atoms with van der Waals surface area (Å²) in [6, 6.07) is 10.2. The molecule has 1 fully saturated rings. The van der Waals surface area contributed by atoms with Crippen LogP contribution in [0.4, 0.5) is 10.2 Å². The highest BCUT2D eigenvalue weighted by atomic mass is 19.1. The molecule has 0 saturated heterocycles. The highest BCUT2D eigenvalue weighted by Gasteiger charge is 2.38. The van der Waals surface area contributed by atoms with Crippen LogP contribution in [-0.4, -0.2) is 11.6 Å². The monoisotopic (exact) mass is 298 g/mol. The first-order valence-electron chi connectivity index (χ1n) is 6.97. The molecule has 0 aliphatic heterocycles. The molecule has 1 heterocycles. The minimum absolute atomic E-state index is 0.227. The maximum atomic E-state index is 12.9. The minimum atomic E-state index is -0.227. The van der Waals surface area contributed by atoms with E-state index in [1.807, 2.05) is 18.2 Å². The average molecular weight is 298 g/mol. The number of anilines is 1. The van der Waals surface area contributed by atoms with Gasteiger partial charge in [0, 0.05) is 18.2 Å². The van der Waals surface area contributed by atoms with Crippen LogP contribution in [-0.2, 0) is 0 Å². The summed E-state index contributed by atoms with van der Waals surface area (Å²) in [5, 5.41) is 9.17. The third-order valence-corrected chi connectivity index (χ3v) is 3.83. The van der Waals surface area contributed by atoms with Gasteiger partial charge in [0.2, 0.25) is 0 Å². The van der Waals surface area contributed by atoms with Gasteiger partial charge >= 0.3 is 0 Å². The predicted molar refractivity (Wildman–Crippen MR) is 79.5 cm³/mol. The zero-order valence-electron chi connectivity index (χ0n) is 11.8. The van der Waals surface area contributed by atoms with Crippen LogP contribution in [0.1, 0.15) is 23.5 Å². The SMILES string of the molecule is N#Cc1c(OC[C@H]2C[C@@H]2c2ccc(F)cc2)ccnc1NN. The smallest absolute Gasteiger partial charge is 0.161 e. The lowest BCUT2D eigenvalue weighted by Gasteiger charge is -2.10. The maximum absolute atomic E-state index is 12.9. The van der Waals surface area contributed by atoms with Crippen LogP contribution in [0.15, 0.2) is 36.5 Å². The normalized spacial score (nSPS) is 19.3. The maximum Gasteiger partial charge on any atom is 0.161 e. The molecule has 0 radical (unpaired) electrons. The van der Waals surface area contributed by atoms with E-state index in [4.69, 9.17) is 15.8 Å². The second-order valence-corrected chi connectivity index (χ2v) is 5.25. The zero-order chi connectivity index (χ0) is 15.5. The second kappa shape index (κ2) is 6.00. The first-order valence-corrected chi connectivity index (χ1v) is 6.97. The van der Waals surface area contributed by atoms with Gasteiger partial charge in [0.25, 0.3) is 0 Å². The van der Waals surface area contributed by atoms with E-state index in [9.17, 15) is 4.39 Å². The Morgan fingerprint density at radius 3 is 2.82 bits per heavy atom. The first-order chi connectivity index (χ1) is 10.7. The van der Waals surface area contributed by atoms with Gasteiger partial charge in [-0.2, -0.15) is 5.26 Å². The number of hydrazine groups is 1. The largest absolute Gasteiger partial charge is 0.492 e. The summed E-state index contributed by atoms with van der Waals surface area (Å²) in [5.74, 6) is 6.62. The van der Waals surface area contributed by atoms with Crippen molar-refractivity contribution in [3.63, 3.8) is 0 Å². The molecule has 1 aromatic carbocycles. The number of halogens is 1. The zero-order valence-corrected chi connectivity index (χ0v) is 11.8. The molecule has 1 saturated carbocycles. The van der Waals surface area contributed by atoms with Gasteiger partial charge in [-0.15, -0.1) is 0 Å². The Balaban J connectivity index is 1.63. The van der Waals surface area contributed by atoms with Crippen LogP contribution >= 0.6 is 0 Å². The number of rotatable bonds is 5. The number of nitrogens with zero attached hydrogens (tertiary/aromatic N) is 2. The van der Waals surface area contributed by atoms with Gasteiger partial charge < -0.3 is 10.2 Å². The number of nitrogens with two attached hydrogens (primary N) is 1. The summed E-state index contributed by atoms with van der Waals surface area (Å²) in [5.41, 5.74) is 3.80. The number of hydrogen-bond donors (Lipinski definition) is 2. The van der Waals surface area contributed by atoms with E-state index in [1.165, 1.54) is 18.3 Å². The van der Waals surface area contributed by atoms with Crippen molar-refractivity contribution in [1.29, 1.82) is 5.26 Å². The van der Waals surface area contributed by atoms with Crippen LogP contribution in [0.5, 0.6) is 5.75 Å². The number of nitriles is 1. The number of hydrogen-bond acceptors (Lipinski definition) is 5. The van der Waals surface area contributed by atoms with Crippen LogP contribution in [0.25, 0.3) is 0 Å². The summed E-state index contributed by atoms with van der Waals surface area (Å²) in [6.45, 7) is 0.505. The molecular formula is C16H15FN4O. The first kappa shape index (κ1) is 14.3. The van der Waals surface area contributed by atoms with Crippen LogP contribution in [0, 0.1) is 23.1 Å². The lowest BCUT2D eigenvalue weighted by molar-refractivity contribution is 0.296. The van der Waals surface area contributed by atoms with Crippen molar-refractivity contribution in [2.75, 3.05) is 12.0 Å². The van der Waals surface area contributed by atoms with Gasteiger partial charge in [0.05, 0.1) is 6.61 Å². The molecule has 5 nitrogen and oxygen atoms in total. The molecule has 0 bridgehead atoms. The summed E-state index contributed by atoms with van der Waals surface area (Å²) in [6.07, 6.45) is 2.54. The van der Waals surface area contributed by atoms with Crippen LogP contribution in [0.2, 0.25) is 0 Å². The molecule has 1 aromatic heterocycles. The Labute approximate surface area is 127 Å². The number of ether oxygens (including phenoxy) is 1. The number of pyridine rings is 1. The van der Waals surface area contributed by atoms with Crippen molar-refractivity contribution in [1.82, 2.24) is 4.98 Å². The Kier molecular flexibility index (Phi) is 3.90. The molecule has 1 aliphatic carbocycles. The minimum Gasteiger partial charge on any atom is -0.492 e. The van der Waals surface area contributed by atoms with E-state index in [-0.39, 0.29) is 5.82 Å². The van der Waals surface area contributed by atoms with Crippen LogP contribution < -0.4 is 16.0 Å². The van der Waals surface area contributed by atoms with E-state index in [2.05, 4.69) is 10.4 Å². The van der Waals surface area contributed by atoms with E-state index in [0.717, 1.165) is 12.0 Å². The molecule has 1 aliphatic rings. The van der Waals surface area contributed by atoms with Gasteiger partial charge in [-0.25, -0.2) is 15.2 Å². The molecule has 0 amide bonds. The standard InChI is InChI=1S/C16H15FN4O/c17-12-3-1-10(2-4-12)13-7-11(13)9-22-15-5-6-20-16(21-19)14(15)8-18/h1-6,11,13H,7,9,19H2,(H,20,21)/t11-,13-/m1/s1.